The third-order valence-corrected chi connectivity index (χ3v) is 3.67. The summed E-state index contributed by atoms with van der Waals surface area (Å²) in [7, 11) is 0. The number of benzene rings is 1. The normalized spacial score (nSPS) is 24.1. The van der Waals surface area contributed by atoms with E-state index in [1.165, 1.54) is 24.8 Å². The minimum atomic E-state index is 0.484. The first-order valence-corrected chi connectivity index (χ1v) is 7.27. The van der Waals surface area contributed by atoms with E-state index in [0.29, 0.717) is 12.1 Å². The molecule has 0 bridgehead atoms. The Morgan fingerprint density at radius 3 is 2.89 bits per heavy atom. The van der Waals surface area contributed by atoms with Crippen molar-refractivity contribution >= 4 is 0 Å². The van der Waals surface area contributed by atoms with Crippen molar-refractivity contribution < 1.29 is 4.74 Å². The van der Waals surface area contributed by atoms with Gasteiger partial charge in [-0.1, -0.05) is 43.7 Å². The zero-order valence-corrected chi connectivity index (χ0v) is 11.4. The first-order chi connectivity index (χ1) is 8.88. The number of hydrogen-bond donors (Lipinski definition) is 1. The van der Waals surface area contributed by atoms with Gasteiger partial charge in [0.2, 0.25) is 0 Å². The van der Waals surface area contributed by atoms with E-state index in [1.54, 1.807) is 0 Å². The van der Waals surface area contributed by atoms with Crippen molar-refractivity contribution in [2.75, 3.05) is 13.2 Å². The minimum absolute atomic E-state index is 0.484. The van der Waals surface area contributed by atoms with Gasteiger partial charge in [-0.05, 0) is 37.8 Å². The molecule has 0 spiro atoms. The molecule has 1 aromatic rings. The van der Waals surface area contributed by atoms with Crippen molar-refractivity contribution in [2.24, 2.45) is 0 Å². The number of nitrogens with one attached hydrogen (secondary N) is 1. The molecule has 0 amide bonds. The second kappa shape index (κ2) is 7.55. The smallest absolute Gasteiger partial charge is 0.0589 e. The molecule has 0 aliphatic carbocycles. The lowest BCUT2D eigenvalue weighted by Crippen LogP contribution is -2.39. The predicted molar refractivity (Wildman–Crippen MR) is 75.8 cm³/mol. The van der Waals surface area contributed by atoms with Crippen LogP contribution >= 0.6 is 0 Å². The maximum absolute atomic E-state index is 5.77. The van der Waals surface area contributed by atoms with Crippen LogP contribution in [0.25, 0.3) is 0 Å². The predicted octanol–water partition coefficient (Wildman–Crippen LogP) is 3.17. The van der Waals surface area contributed by atoms with Crippen LogP contribution in [0.4, 0.5) is 0 Å². The molecule has 100 valence electrons. The summed E-state index contributed by atoms with van der Waals surface area (Å²) in [6.07, 6.45) is 6.38. The van der Waals surface area contributed by atoms with Crippen molar-refractivity contribution in [3.63, 3.8) is 0 Å². The van der Waals surface area contributed by atoms with Crippen LogP contribution in [0.1, 0.15) is 38.2 Å². The largest absolute Gasteiger partial charge is 0.378 e. The molecule has 1 heterocycles. The van der Waals surface area contributed by atoms with Crippen molar-refractivity contribution in [1.29, 1.82) is 0 Å². The zero-order chi connectivity index (χ0) is 12.6. The number of hydrogen-bond acceptors (Lipinski definition) is 2. The summed E-state index contributed by atoms with van der Waals surface area (Å²) in [5.41, 5.74) is 1.42. The van der Waals surface area contributed by atoms with Gasteiger partial charge < -0.3 is 10.1 Å². The molecule has 1 saturated heterocycles. The van der Waals surface area contributed by atoms with Crippen LogP contribution in [-0.2, 0) is 11.2 Å². The summed E-state index contributed by atoms with van der Waals surface area (Å²) in [5, 5.41) is 3.68. The van der Waals surface area contributed by atoms with Crippen LogP contribution in [0.2, 0.25) is 0 Å². The average Bonchev–Trinajstić information content (AvgIpc) is 2.41. The van der Waals surface area contributed by atoms with Gasteiger partial charge in [0.1, 0.15) is 0 Å². The fourth-order valence-corrected chi connectivity index (χ4v) is 2.65. The van der Waals surface area contributed by atoms with Crippen molar-refractivity contribution in [3.05, 3.63) is 35.9 Å². The Balaban J connectivity index is 1.67. The summed E-state index contributed by atoms with van der Waals surface area (Å²) in [4.78, 5) is 0. The Hall–Kier alpha value is -0.860. The molecule has 2 rings (SSSR count). The van der Waals surface area contributed by atoms with E-state index in [9.17, 15) is 0 Å². The highest BCUT2D eigenvalue weighted by Gasteiger charge is 2.21. The molecule has 0 aromatic heterocycles. The lowest BCUT2D eigenvalue weighted by atomic mass is 10.00. The molecule has 0 saturated carbocycles. The Labute approximate surface area is 111 Å². The molecule has 2 unspecified atom stereocenters. The highest BCUT2D eigenvalue weighted by molar-refractivity contribution is 5.14. The van der Waals surface area contributed by atoms with E-state index in [2.05, 4.69) is 42.6 Å². The summed E-state index contributed by atoms with van der Waals surface area (Å²) in [5.74, 6) is 0. The van der Waals surface area contributed by atoms with Crippen LogP contribution in [-0.4, -0.2) is 25.3 Å². The lowest BCUT2D eigenvalue weighted by molar-refractivity contribution is -0.00300. The third-order valence-electron chi connectivity index (χ3n) is 3.67. The highest BCUT2D eigenvalue weighted by atomic mass is 16.5. The Morgan fingerprint density at radius 2 is 2.11 bits per heavy atom. The lowest BCUT2D eigenvalue weighted by Gasteiger charge is -2.30. The molecular formula is C16H25NO. The van der Waals surface area contributed by atoms with Crippen LogP contribution < -0.4 is 5.32 Å². The topological polar surface area (TPSA) is 21.3 Å². The third kappa shape index (κ3) is 4.43. The highest BCUT2D eigenvalue weighted by Crippen LogP contribution is 2.17. The van der Waals surface area contributed by atoms with Gasteiger partial charge >= 0.3 is 0 Å². The maximum atomic E-state index is 5.77. The summed E-state index contributed by atoms with van der Waals surface area (Å²) < 4.78 is 5.77. The first-order valence-electron chi connectivity index (χ1n) is 7.27. The van der Waals surface area contributed by atoms with Crippen molar-refractivity contribution in [2.45, 2.75) is 51.2 Å². The first kappa shape index (κ1) is 13.6. The van der Waals surface area contributed by atoms with E-state index in [-0.39, 0.29) is 0 Å². The van der Waals surface area contributed by atoms with Gasteiger partial charge in [-0.3, -0.25) is 0 Å². The quantitative estimate of drug-likeness (QED) is 0.833. The fourth-order valence-electron chi connectivity index (χ4n) is 2.65. The number of rotatable bonds is 6. The molecule has 2 nitrogen and oxygen atoms in total. The molecule has 1 fully saturated rings. The molecular weight excluding hydrogens is 222 g/mol. The van der Waals surface area contributed by atoms with E-state index < -0.39 is 0 Å². The Bertz CT molecular complexity index is 323. The fraction of sp³-hybridized carbons (Fsp3) is 0.625. The molecule has 18 heavy (non-hydrogen) atoms. The molecule has 2 atom stereocenters. The standard InChI is InChI=1S/C16H25NO/c1-2-6-16-13-15(10-12-18-16)17-11-9-14-7-4-3-5-8-14/h3-5,7-8,15-17H,2,6,9-13H2,1H3. The number of ether oxygens (including phenoxy) is 1. The van der Waals surface area contributed by atoms with Crippen molar-refractivity contribution in [1.82, 2.24) is 5.32 Å². The molecule has 1 aromatic carbocycles. The van der Waals surface area contributed by atoms with Gasteiger partial charge in [0.15, 0.2) is 0 Å². The SMILES string of the molecule is CCCC1CC(NCCc2ccccc2)CCO1. The Morgan fingerprint density at radius 1 is 1.28 bits per heavy atom. The zero-order valence-electron chi connectivity index (χ0n) is 11.4. The maximum Gasteiger partial charge on any atom is 0.0589 e. The summed E-state index contributed by atoms with van der Waals surface area (Å²) in [6, 6.07) is 11.4. The van der Waals surface area contributed by atoms with Gasteiger partial charge in [-0.2, -0.15) is 0 Å². The minimum Gasteiger partial charge on any atom is -0.378 e. The molecule has 0 radical (unpaired) electrons. The van der Waals surface area contributed by atoms with Crippen LogP contribution in [0.15, 0.2) is 30.3 Å². The van der Waals surface area contributed by atoms with Gasteiger partial charge in [-0.25, -0.2) is 0 Å². The molecule has 1 aliphatic rings. The molecule has 2 heteroatoms. The second-order valence-electron chi connectivity index (χ2n) is 5.19. The second-order valence-corrected chi connectivity index (χ2v) is 5.19. The summed E-state index contributed by atoms with van der Waals surface area (Å²) in [6.45, 7) is 4.23. The van der Waals surface area contributed by atoms with E-state index in [1.807, 2.05) is 0 Å². The monoisotopic (exact) mass is 247 g/mol. The van der Waals surface area contributed by atoms with Gasteiger partial charge in [0.05, 0.1) is 6.10 Å². The average molecular weight is 247 g/mol. The van der Waals surface area contributed by atoms with Crippen LogP contribution in [0.3, 0.4) is 0 Å². The van der Waals surface area contributed by atoms with E-state index >= 15 is 0 Å². The van der Waals surface area contributed by atoms with Gasteiger partial charge in [0, 0.05) is 12.6 Å². The Kier molecular flexibility index (Phi) is 5.69. The van der Waals surface area contributed by atoms with E-state index in [4.69, 9.17) is 4.74 Å². The van der Waals surface area contributed by atoms with Crippen LogP contribution in [0, 0.1) is 0 Å². The molecule has 1 N–H and O–H groups in total. The summed E-state index contributed by atoms with van der Waals surface area (Å²) >= 11 is 0. The van der Waals surface area contributed by atoms with Gasteiger partial charge in [-0.15, -0.1) is 0 Å². The molecule has 1 aliphatic heterocycles. The van der Waals surface area contributed by atoms with Crippen molar-refractivity contribution in [3.8, 4) is 0 Å². The van der Waals surface area contributed by atoms with Gasteiger partial charge in [0.25, 0.3) is 0 Å². The van der Waals surface area contributed by atoms with Crippen LogP contribution in [0.5, 0.6) is 0 Å². The van der Waals surface area contributed by atoms with E-state index in [0.717, 1.165) is 26.0 Å².